The average molecular weight is 467 g/mol. The molecule has 168 valence electrons. The van der Waals surface area contributed by atoms with E-state index in [0.717, 1.165) is 22.5 Å². The molecular weight excluding hydrogens is 446 g/mol. The summed E-state index contributed by atoms with van der Waals surface area (Å²) in [5.74, 6) is -1.45. The van der Waals surface area contributed by atoms with Crippen LogP contribution < -0.4 is 10.0 Å². The number of sulfonamides is 1. The van der Waals surface area contributed by atoms with Gasteiger partial charge in [0.15, 0.2) is 0 Å². The van der Waals surface area contributed by atoms with Crippen LogP contribution in [-0.4, -0.2) is 19.4 Å². The molecule has 0 saturated heterocycles. The first-order valence-corrected chi connectivity index (χ1v) is 11.8. The van der Waals surface area contributed by atoms with Gasteiger partial charge >= 0.3 is 0 Å². The van der Waals surface area contributed by atoms with Gasteiger partial charge in [0.2, 0.25) is 5.96 Å². The van der Waals surface area contributed by atoms with Crippen molar-refractivity contribution in [1.29, 1.82) is 0 Å². The van der Waals surface area contributed by atoms with Crippen LogP contribution in [0, 0.1) is 11.6 Å². The molecule has 5 rings (SSSR count). The molecule has 33 heavy (non-hydrogen) atoms. The molecule has 9 heteroatoms. The standard InChI is InChI=1S/C24H20F2N4O2S/c1-14(18-13-27-20-8-3-2-7-17(18)20)22-19(26)9-10-21-23(22)29-24(30-33(21,31)32)28-12-15-5-4-6-16(25)11-15/h2-11,13-14,27H,12H2,1H3,(H2,28,29,30)/t14-/m1/s1. The summed E-state index contributed by atoms with van der Waals surface area (Å²) in [5.41, 5.74) is 2.68. The molecule has 4 aromatic rings. The number of aromatic amines is 1. The fourth-order valence-electron chi connectivity index (χ4n) is 4.16. The van der Waals surface area contributed by atoms with E-state index in [1.54, 1.807) is 12.1 Å². The average Bonchev–Trinajstić information content (AvgIpc) is 3.21. The third-order valence-corrected chi connectivity index (χ3v) is 7.13. The van der Waals surface area contributed by atoms with Gasteiger partial charge in [0.25, 0.3) is 10.0 Å². The van der Waals surface area contributed by atoms with Crippen LogP contribution in [0.15, 0.2) is 76.7 Å². The minimum atomic E-state index is -3.98. The lowest BCUT2D eigenvalue weighted by Crippen LogP contribution is -2.41. The molecule has 0 bridgehead atoms. The number of aliphatic imine (C=N–C) groups is 1. The van der Waals surface area contributed by atoms with Crippen LogP contribution in [0.2, 0.25) is 0 Å². The van der Waals surface area contributed by atoms with Crippen LogP contribution in [0.25, 0.3) is 10.9 Å². The molecule has 0 radical (unpaired) electrons. The zero-order chi connectivity index (χ0) is 23.2. The predicted molar refractivity (Wildman–Crippen MR) is 124 cm³/mol. The molecule has 3 N–H and O–H groups in total. The van der Waals surface area contributed by atoms with Gasteiger partial charge in [-0.15, -0.1) is 0 Å². The number of hydrogen-bond donors (Lipinski definition) is 3. The van der Waals surface area contributed by atoms with Crippen LogP contribution in [0.3, 0.4) is 0 Å². The molecule has 0 amide bonds. The summed E-state index contributed by atoms with van der Waals surface area (Å²) in [6.45, 7) is 1.87. The van der Waals surface area contributed by atoms with Gasteiger partial charge in [-0.1, -0.05) is 37.3 Å². The zero-order valence-corrected chi connectivity index (χ0v) is 18.4. The quantitative estimate of drug-likeness (QED) is 0.402. The third kappa shape index (κ3) is 3.84. The summed E-state index contributed by atoms with van der Waals surface area (Å²) in [6, 6.07) is 15.9. The molecule has 1 atom stereocenters. The number of rotatable bonds is 4. The number of H-pyrrole nitrogens is 1. The third-order valence-electron chi connectivity index (χ3n) is 5.75. The summed E-state index contributed by atoms with van der Waals surface area (Å²) >= 11 is 0. The highest BCUT2D eigenvalue weighted by atomic mass is 32.2. The van der Waals surface area contributed by atoms with E-state index in [4.69, 9.17) is 0 Å². The van der Waals surface area contributed by atoms with Crippen molar-refractivity contribution in [1.82, 2.24) is 9.71 Å². The van der Waals surface area contributed by atoms with E-state index in [2.05, 4.69) is 20.0 Å². The largest absolute Gasteiger partial charge is 0.361 e. The van der Waals surface area contributed by atoms with Crippen molar-refractivity contribution in [3.05, 3.63) is 95.2 Å². The smallest absolute Gasteiger partial charge is 0.266 e. The molecule has 0 saturated carbocycles. The highest BCUT2D eigenvalue weighted by Crippen LogP contribution is 2.40. The Hall–Kier alpha value is -3.72. The fourth-order valence-corrected chi connectivity index (χ4v) is 5.32. The Morgan fingerprint density at radius 2 is 1.85 bits per heavy atom. The van der Waals surface area contributed by atoms with Gasteiger partial charge in [-0.25, -0.2) is 26.9 Å². The molecule has 0 spiro atoms. The van der Waals surface area contributed by atoms with Crippen LogP contribution >= 0.6 is 0 Å². The highest BCUT2D eigenvalue weighted by molar-refractivity contribution is 7.90. The Morgan fingerprint density at radius 1 is 1.03 bits per heavy atom. The van der Waals surface area contributed by atoms with Crippen molar-refractivity contribution in [3.63, 3.8) is 0 Å². The summed E-state index contributed by atoms with van der Waals surface area (Å²) in [5, 5.41) is 3.88. The Bertz CT molecular complexity index is 1510. The number of nitrogens with zero attached hydrogens (tertiary/aromatic N) is 1. The topological polar surface area (TPSA) is 86.3 Å². The maximum absolute atomic E-state index is 15.1. The molecule has 1 aromatic heterocycles. The predicted octanol–water partition coefficient (Wildman–Crippen LogP) is 4.86. The number of fused-ring (bicyclic) bond motifs is 2. The van der Waals surface area contributed by atoms with Crippen molar-refractivity contribution in [3.8, 4) is 0 Å². The molecule has 0 aliphatic carbocycles. The maximum Gasteiger partial charge on any atom is 0.266 e. The monoisotopic (exact) mass is 466 g/mol. The van der Waals surface area contributed by atoms with Gasteiger partial charge in [0, 0.05) is 28.6 Å². The first-order chi connectivity index (χ1) is 15.8. The summed E-state index contributed by atoms with van der Waals surface area (Å²) in [4.78, 5) is 7.37. The van der Waals surface area contributed by atoms with Crippen molar-refractivity contribution in [2.45, 2.75) is 24.3 Å². The van der Waals surface area contributed by atoms with Gasteiger partial charge in [-0.05, 0) is 41.5 Å². The molecule has 0 unspecified atom stereocenters. The van der Waals surface area contributed by atoms with Gasteiger partial charge in [0.05, 0.1) is 12.2 Å². The molecule has 1 aliphatic heterocycles. The lowest BCUT2D eigenvalue weighted by Gasteiger charge is -2.26. The second-order valence-corrected chi connectivity index (χ2v) is 9.52. The molecule has 0 fully saturated rings. The minimum Gasteiger partial charge on any atom is -0.361 e. The van der Waals surface area contributed by atoms with E-state index in [9.17, 15) is 12.8 Å². The van der Waals surface area contributed by atoms with Crippen molar-refractivity contribution < 1.29 is 17.2 Å². The lowest BCUT2D eigenvalue weighted by atomic mass is 9.91. The number of benzene rings is 3. The van der Waals surface area contributed by atoms with E-state index < -0.39 is 27.6 Å². The SMILES string of the molecule is C[C@@H](c1c(F)ccc2c1NC(=NCc1cccc(F)c1)NS2(=O)=O)c1c[nH]c2ccccc12. The maximum atomic E-state index is 15.1. The number of anilines is 1. The Balaban J connectivity index is 1.58. The zero-order valence-electron chi connectivity index (χ0n) is 17.6. The second-order valence-electron chi connectivity index (χ2n) is 7.87. The lowest BCUT2D eigenvalue weighted by molar-refractivity contribution is 0.586. The van der Waals surface area contributed by atoms with Crippen molar-refractivity contribution >= 4 is 32.6 Å². The molecule has 2 heterocycles. The molecular formula is C24H20F2N4O2S. The van der Waals surface area contributed by atoms with E-state index in [0.29, 0.717) is 5.56 Å². The summed E-state index contributed by atoms with van der Waals surface area (Å²) in [6.07, 6.45) is 1.81. The van der Waals surface area contributed by atoms with Gasteiger partial charge in [-0.2, -0.15) is 0 Å². The van der Waals surface area contributed by atoms with Crippen molar-refractivity contribution in [2.75, 3.05) is 5.32 Å². The van der Waals surface area contributed by atoms with E-state index in [-0.39, 0.29) is 28.7 Å². The normalized spacial score (nSPS) is 16.8. The second kappa shape index (κ2) is 8.00. The van der Waals surface area contributed by atoms with Crippen LogP contribution in [0.5, 0.6) is 0 Å². The highest BCUT2D eigenvalue weighted by Gasteiger charge is 2.32. The van der Waals surface area contributed by atoms with Gasteiger partial charge in [-0.3, -0.25) is 0 Å². The number of aromatic nitrogens is 1. The number of nitrogens with one attached hydrogen (secondary N) is 3. The first kappa shape index (κ1) is 21.1. The summed E-state index contributed by atoms with van der Waals surface area (Å²) in [7, 11) is -3.98. The van der Waals surface area contributed by atoms with E-state index in [1.165, 1.54) is 18.2 Å². The molecule has 6 nitrogen and oxygen atoms in total. The van der Waals surface area contributed by atoms with E-state index in [1.807, 2.05) is 37.4 Å². The number of hydrogen-bond acceptors (Lipinski definition) is 3. The fraction of sp³-hybridized carbons (Fsp3) is 0.125. The Kier molecular flexibility index (Phi) is 5.13. The van der Waals surface area contributed by atoms with E-state index >= 15 is 4.39 Å². The van der Waals surface area contributed by atoms with Gasteiger partial charge in [0.1, 0.15) is 16.5 Å². The van der Waals surface area contributed by atoms with Gasteiger partial charge < -0.3 is 10.3 Å². The minimum absolute atomic E-state index is 0.0423. The molecule has 3 aromatic carbocycles. The first-order valence-electron chi connectivity index (χ1n) is 10.3. The number of guanidine groups is 1. The summed E-state index contributed by atoms with van der Waals surface area (Å²) < 4.78 is 56.8. The number of para-hydroxylation sites is 1. The Labute approximate surface area is 189 Å². The van der Waals surface area contributed by atoms with Crippen LogP contribution in [-0.2, 0) is 16.6 Å². The van der Waals surface area contributed by atoms with Crippen LogP contribution in [0.4, 0.5) is 14.5 Å². The Morgan fingerprint density at radius 3 is 2.67 bits per heavy atom. The number of halogens is 2. The molecule has 1 aliphatic rings. The van der Waals surface area contributed by atoms with Crippen molar-refractivity contribution in [2.24, 2.45) is 4.99 Å². The van der Waals surface area contributed by atoms with Crippen LogP contribution in [0.1, 0.15) is 29.5 Å².